The maximum absolute atomic E-state index is 12.9. The highest BCUT2D eigenvalue weighted by atomic mass is 19.1. The normalized spacial score (nSPS) is 27.1. The Hall–Kier alpha value is -0.640. The van der Waals surface area contributed by atoms with E-state index in [0.717, 1.165) is 13.0 Å². The Morgan fingerprint density at radius 1 is 1.77 bits per heavy atom. The van der Waals surface area contributed by atoms with E-state index in [9.17, 15) is 9.18 Å². The fourth-order valence-corrected chi connectivity index (χ4v) is 1.63. The third-order valence-electron chi connectivity index (χ3n) is 2.40. The highest BCUT2D eigenvalue weighted by molar-refractivity contribution is 5.69. The molecule has 3 nitrogen and oxygen atoms in total. The minimum atomic E-state index is -0.805. The van der Waals surface area contributed by atoms with E-state index in [-0.39, 0.29) is 0 Å². The van der Waals surface area contributed by atoms with Gasteiger partial charge in [0.1, 0.15) is 6.17 Å². The van der Waals surface area contributed by atoms with E-state index in [0.29, 0.717) is 19.5 Å². The number of alkyl halides is 1. The van der Waals surface area contributed by atoms with Crippen LogP contribution in [0, 0.1) is 5.92 Å². The molecule has 0 bridgehead atoms. The molecular weight excluding hydrogens is 173 g/mol. The maximum Gasteiger partial charge on any atom is 0.307 e. The molecule has 1 heterocycles. The summed E-state index contributed by atoms with van der Waals surface area (Å²) < 4.78 is 12.9. The lowest BCUT2D eigenvalue weighted by molar-refractivity contribution is -0.141. The van der Waals surface area contributed by atoms with Crippen LogP contribution in [-0.4, -0.2) is 41.8 Å². The summed E-state index contributed by atoms with van der Waals surface area (Å²) >= 11 is 0. The van der Waals surface area contributed by atoms with Gasteiger partial charge in [0.2, 0.25) is 0 Å². The molecule has 13 heavy (non-hydrogen) atoms. The second-order valence-electron chi connectivity index (χ2n) is 3.74. The summed E-state index contributed by atoms with van der Waals surface area (Å²) in [6.07, 6.45) is 0.695. The highest BCUT2D eigenvalue weighted by Gasteiger charge is 2.22. The van der Waals surface area contributed by atoms with Gasteiger partial charge in [-0.2, -0.15) is 0 Å². The molecule has 0 spiro atoms. The van der Waals surface area contributed by atoms with Gasteiger partial charge in [-0.25, -0.2) is 4.39 Å². The van der Waals surface area contributed by atoms with E-state index in [1.807, 2.05) is 4.90 Å². The molecule has 1 aliphatic rings. The first kappa shape index (κ1) is 10.4. The molecule has 0 aromatic rings. The zero-order valence-corrected chi connectivity index (χ0v) is 7.87. The smallest absolute Gasteiger partial charge is 0.307 e. The van der Waals surface area contributed by atoms with Gasteiger partial charge in [-0.1, -0.05) is 6.92 Å². The van der Waals surface area contributed by atoms with Crippen LogP contribution >= 0.6 is 0 Å². The zero-order valence-electron chi connectivity index (χ0n) is 7.87. The number of piperidine rings is 1. The molecule has 4 heteroatoms. The number of aliphatic carboxylic acids is 1. The minimum Gasteiger partial charge on any atom is -0.481 e. The van der Waals surface area contributed by atoms with Crippen molar-refractivity contribution in [3.05, 3.63) is 0 Å². The topological polar surface area (TPSA) is 40.5 Å². The SMILES string of the molecule is CC(CN1CCCC(F)C1)C(=O)O. The zero-order chi connectivity index (χ0) is 9.84. The molecule has 0 amide bonds. The van der Waals surface area contributed by atoms with Crippen LogP contribution in [0.5, 0.6) is 0 Å². The number of carboxylic acid groups (broad SMARTS) is 1. The van der Waals surface area contributed by atoms with Crippen LogP contribution in [0.25, 0.3) is 0 Å². The molecule has 1 N–H and O–H groups in total. The lowest BCUT2D eigenvalue weighted by atomic mass is 10.1. The van der Waals surface area contributed by atoms with Gasteiger partial charge in [-0.3, -0.25) is 9.69 Å². The minimum absolute atomic E-state index is 0.398. The molecule has 0 aromatic carbocycles. The third kappa shape index (κ3) is 3.30. The number of halogens is 1. The molecule has 76 valence electrons. The average Bonchev–Trinajstić information content (AvgIpc) is 2.04. The fraction of sp³-hybridized carbons (Fsp3) is 0.889. The summed E-state index contributed by atoms with van der Waals surface area (Å²) in [5.41, 5.74) is 0. The van der Waals surface area contributed by atoms with Gasteiger partial charge in [-0.15, -0.1) is 0 Å². The van der Waals surface area contributed by atoms with Gasteiger partial charge >= 0.3 is 5.97 Å². The van der Waals surface area contributed by atoms with Gasteiger partial charge in [0.15, 0.2) is 0 Å². The fourth-order valence-electron chi connectivity index (χ4n) is 1.63. The van der Waals surface area contributed by atoms with Crippen molar-refractivity contribution in [3.63, 3.8) is 0 Å². The van der Waals surface area contributed by atoms with Gasteiger partial charge in [0, 0.05) is 13.1 Å². The Bertz CT molecular complexity index is 186. The molecule has 1 fully saturated rings. The van der Waals surface area contributed by atoms with Crippen LogP contribution in [-0.2, 0) is 4.79 Å². The van der Waals surface area contributed by atoms with Crippen molar-refractivity contribution in [2.45, 2.75) is 25.9 Å². The van der Waals surface area contributed by atoms with Crippen molar-refractivity contribution in [2.24, 2.45) is 5.92 Å². The predicted molar refractivity (Wildman–Crippen MR) is 47.4 cm³/mol. The van der Waals surface area contributed by atoms with E-state index >= 15 is 0 Å². The van der Waals surface area contributed by atoms with Crippen LogP contribution < -0.4 is 0 Å². The number of carboxylic acids is 1. The lowest BCUT2D eigenvalue weighted by Gasteiger charge is -2.29. The van der Waals surface area contributed by atoms with Crippen molar-refractivity contribution in [3.8, 4) is 0 Å². The van der Waals surface area contributed by atoms with Gasteiger partial charge in [0.05, 0.1) is 5.92 Å². The first-order valence-corrected chi connectivity index (χ1v) is 4.69. The Morgan fingerprint density at radius 3 is 3.00 bits per heavy atom. The van der Waals surface area contributed by atoms with Crippen LogP contribution in [0.15, 0.2) is 0 Å². The number of nitrogens with zero attached hydrogens (tertiary/aromatic N) is 1. The van der Waals surface area contributed by atoms with E-state index in [4.69, 9.17) is 5.11 Å². The van der Waals surface area contributed by atoms with Crippen molar-refractivity contribution < 1.29 is 14.3 Å². The van der Waals surface area contributed by atoms with Crippen LogP contribution in [0.3, 0.4) is 0 Å². The quantitative estimate of drug-likeness (QED) is 0.723. The Labute approximate surface area is 77.5 Å². The van der Waals surface area contributed by atoms with Crippen molar-refractivity contribution >= 4 is 5.97 Å². The molecule has 1 aliphatic heterocycles. The van der Waals surface area contributed by atoms with E-state index in [1.165, 1.54) is 0 Å². The average molecular weight is 189 g/mol. The Morgan fingerprint density at radius 2 is 2.46 bits per heavy atom. The molecule has 0 radical (unpaired) electrons. The van der Waals surface area contributed by atoms with Gasteiger partial charge in [-0.05, 0) is 19.4 Å². The first-order chi connectivity index (χ1) is 6.09. The molecule has 0 aromatic heterocycles. The molecule has 0 aliphatic carbocycles. The standard InChI is InChI=1S/C9H16FNO2/c1-7(9(12)13)5-11-4-2-3-8(10)6-11/h7-8H,2-6H2,1H3,(H,12,13). The van der Waals surface area contributed by atoms with E-state index in [1.54, 1.807) is 6.92 Å². The second kappa shape index (κ2) is 4.56. The third-order valence-corrected chi connectivity index (χ3v) is 2.40. The van der Waals surface area contributed by atoms with Gasteiger partial charge in [0.25, 0.3) is 0 Å². The first-order valence-electron chi connectivity index (χ1n) is 4.69. The molecule has 1 saturated heterocycles. The molecule has 2 unspecified atom stereocenters. The monoisotopic (exact) mass is 189 g/mol. The summed E-state index contributed by atoms with van der Waals surface area (Å²) in [5, 5.41) is 8.66. The predicted octanol–water partition coefficient (Wildman–Crippen LogP) is 1.14. The van der Waals surface area contributed by atoms with E-state index < -0.39 is 18.1 Å². The van der Waals surface area contributed by atoms with Crippen molar-refractivity contribution in [1.82, 2.24) is 4.90 Å². The van der Waals surface area contributed by atoms with Crippen molar-refractivity contribution in [1.29, 1.82) is 0 Å². The van der Waals surface area contributed by atoms with Crippen molar-refractivity contribution in [2.75, 3.05) is 19.6 Å². The Kier molecular flexibility index (Phi) is 3.66. The number of hydrogen-bond acceptors (Lipinski definition) is 2. The summed E-state index contributed by atoms with van der Waals surface area (Å²) in [5.74, 6) is -1.20. The summed E-state index contributed by atoms with van der Waals surface area (Å²) in [4.78, 5) is 12.4. The molecule has 2 atom stereocenters. The Balaban J connectivity index is 2.31. The summed E-state index contributed by atoms with van der Waals surface area (Å²) in [6, 6.07) is 0. The number of likely N-dealkylation sites (tertiary alicyclic amines) is 1. The van der Waals surface area contributed by atoms with Gasteiger partial charge < -0.3 is 5.11 Å². The largest absolute Gasteiger partial charge is 0.481 e. The number of hydrogen-bond donors (Lipinski definition) is 1. The summed E-state index contributed by atoms with van der Waals surface area (Å²) in [6.45, 7) is 3.36. The molecule has 1 rings (SSSR count). The van der Waals surface area contributed by atoms with Crippen LogP contribution in [0.1, 0.15) is 19.8 Å². The van der Waals surface area contributed by atoms with E-state index in [2.05, 4.69) is 0 Å². The van der Waals surface area contributed by atoms with Crippen LogP contribution in [0.4, 0.5) is 4.39 Å². The second-order valence-corrected chi connectivity index (χ2v) is 3.74. The molecule has 0 saturated carbocycles. The maximum atomic E-state index is 12.9. The lowest BCUT2D eigenvalue weighted by Crippen LogP contribution is -2.40. The molecular formula is C9H16FNO2. The van der Waals surface area contributed by atoms with Crippen LogP contribution in [0.2, 0.25) is 0 Å². The highest BCUT2D eigenvalue weighted by Crippen LogP contribution is 2.14. The summed E-state index contributed by atoms with van der Waals surface area (Å²) in [7, 11) is 0. The number of carbonyl (C=O) groups is 1. The number of rotatable bonds is 3.